The average molecular weight is 382 g/mol. The molecule has 2 rings (SSSR count). The number of halogens is 3. The first-order valence-corrected chi connectivity index (χ1v) is 9.09. The van der Waals surface area contributed by atoms with Crippen LogP contribution in [0.2, 0.25) is 0 Å². The van der Waals surface area contributed by atoms with E-state index in [9.17, 15) is 17.2 Å². The van der Waals surface area contributed by atoms with E-state index in [1.54, 1.807) is 0 Å². The van der Waals surface area contributed by atoms with Crippen molar-refractivity contribution in [1.82, 2.24) is 4.31 Å². The van der Waals surface area contributed by atoms with Crippen molar-refractivity contribution < 1.29 is 17.2 Å². The first-order valence-electron chi connectivity index (χ1n) is 6.86. The van der Waals surface area contributed by atoms with Gasteiger partial charge in [-0.25, -0.2) is 17.2 Å². The van der Waals surface area contributed by atoms with Crippen molar-refractivity contribution in [3.05, 3.63) is 28.2 Å². The molecule has 21 heavy (non-hydrogen) atoms. The molecular formula is C14H18BrF2NO2S. The summed E-state index contributed by atoms with van der Waals surface area (Å²) in [6.07, 6.45) is 3.43. The van der Waals surface area contributed by atoms with Crippen LogP contribution in [0.1, 0.15) is 32.6 Å². The molecule has 0 bridgehead atoms. The molecule has 1 fully saturated rings. The van der Waals surface area contributed by atoms with E-state index in [0.717, 1.165) is 31.7 Å². The van der Waals surface area contributed by atoms with Crippen molar-refractivity contribution in [2.45, 2.75) is 43.5 Å². The van der Waals surface area contributed by atoms with Gasteiger partial charge in [-0.15, -0.1) is 0 Å². The van der Waals surface area contributed by atoms with Gasteiger partial charge in [0, 0.05) is 23.6 Å². The first kappa shape index (κ1) is 16.8. The van der Waals surface area contributed by atoms with Crippen LogP contribution in [0.3, 0.4) is 0 Å². The molecule has 0 aliphatic heterocycles. The summed E-state index contributed by atoms with van der Waals surface area (Å²) < 4.78 is 53.4. The van der Waals surface area contributed by atoms with Crippen molar-refractivity contribution in [2.24, 2.45) is 5.92 Å². The molecule has 7 heteroatoms. The van der Waals surface area contributed by atoms with Crippen molar-refractivity contribution in [3.63, 3.8) is 0 Å². The lowest BCUT2D eigenvalue weighted by Crippen LogP contribution is -2.39. The van der Waals surface area contributed by atoms with E-state index in [2.05, 4.69) is 22.9 Å². The van der Waals surface area contributed by atoms with Gasteiger partial charge in [-0.3, -0.25) is 0 Å². The highest BCUT2D eigenvalue weighted by atomic mass is 79.9. The minimum Gasteiger partial charge on any atom is -0.207 e. The maximum absolute atomic E-state index is 13.9. The number of rotatable bonds is 3. The lowest BCUT2D eigenvalue weighted by atomic mass is 9.87. The first-order chi connectivity index (χ1) is 9.73. The molecular weight excluding hydrogens is 364 g/mol. The fourth-order valence-corrected chi connectivity index (χ4v) is 5.25. The Morgan fingerprint density at radius 1 is 1.19 bits per heavy atom. The Bertz CT molecular complexity index is 605. The van der Waals surface area contributed by atoms with Gasteiger partial charge in [0.2, 0.25) is 10.0 Å². The van der Waals surface area contributed by atoms with Crippen molar-refractivity contribution in [2.75, 3.05) is 7.05 Å². The third-order valence-electron chi connectivity index (χ3n) is 4.10. The Labute approximate surface area is 132 Å². The lowest BCUT2D eigenvalue weighted by Gasteiger charge is -2.33. The average Bonchev–Trinajstić information content (AvgIpc) is 2.37. The van der Waals surface area contributed by atoms with Gasteiger partial charge in [-0.05, 0) is 53.6 Å². The SMILES string of the molecule is CC1CCC(N(C)S(=O)(=O)c2c(F)cc(F)cc2Br)CC1. The Balaban J connectivity index is 2.34. The van der Waals surface area contributed by atoms with E-state index in [0.29, 0.717) is 12.0 Å². The van der Waals surface area contributed by atoms with Gasteiger partial charge in [0.15, 0.2) is 0 Å². The van der Waals surface area contributed by atoms with Crippen LogP contribution >= 0.6 is 15.9 Å². The van der Waals surface area contributed by atoms with Crippen LogP contribution in [0.15, 0.2) is 21.5 Å². The largest absolute Gasteiger partial charge is 0.247 e. The van der Waals surface area contributed by atoms with Crippen LogP contribution in [0.4, 0.5) is 8.78 Å². The minimum atomic E-state index is -3.99. The summed E-state index contributed by atoms with van der Waals surface area (Å²) >= 11 is 2.95. The molecule has 1 saturated carbocycles. The number of benzene rings is 1. The number of sulfonamides is 1. The zero-order valence-corrected chi connectivity index (χ0v) is 14.3. The smallest absolute Gasteiger partial charge is 0.207 e. The van der Waals surface area contributed by atoms with Gasteiger partial charge in [-0.1, -0.05) is 6.92 Å². The molecule has 0 saturated heterocycles. The van der Waals surface area contributed by atoms with E-state index in [4.69, 9.17) is 0 Å². The number of hydrogen-bond donors (Lipinski definition) is 0. The van der Waals surface area contributed by atoms with Crippen molar-refractivity contribution in [3.8, 4) is 0 Å². The molecule has 0 unspecified atom stereocenters. The van der Waals surface area contributed by atoms with Gasteiger partial charge in [0.25, 0.3) is 0 Å². The van der Waals surface area contributed by atoms with E-state index in [1.807, 2.05) is 0 Å². The Morgan fingerprint density at radius 2 is 1.76 bits per heavy atom. The van der Waals surface area contributed by atoms with E-state index in [-0.39, 0.29) is 10.5 Å². The highest BCUT2D eigenvalue weighted by Gasteiger charge is 2.34. The molecule has 0 aromatic heterocycles. The second-order valence-electron chi connectivity index (χ2n) is 5.63. The highest BCUT2D eigenvalue weighted by Crippen LogP contribution is 2.33. The number of nitrogens with zero attached hydrogens (tertiary/aromatic N) is 1. The molecule has 1 aliphatic carbocycles. The summed E-state index contributed by atoms with van der Waals surface area (Å²) in [7, 11) is -2.53. The summed E-state index contributed by atoms with van der Waals surface area (Å²) in [6.45, 7) is 2.14. The third-order valence-corrected chi connectivity index (χ3v) is 6.97. The molecule has 1 aromatic carbocycles. The van der Waals surface area contributed by atoms with Gasteiger partial charge in [0.1, 0.15) is 16.5 Å². The molecule has 118 valence electrons. The molecule has 0 heterocycles. The van der Waals surface area contributed by atoms with E-state index >= 15 is 0 Å². The van der Waals surface area contributed by atoms with Crippen LogP contribution in [-0.2, 0) is 10.0 Å². The maximum atomic E-state index is 13.9. The normalized spacial score (nSPS) is 23.5. The lowest BCUT2D eigenvalue weighted by molar-refractivity contribution is 0.245. The summed E-state index contributed by atoms with van der Waals surface area (Å²) in [6, 6.07) is 1.42. The molecule has 1 aromatic rings. The predicted octanol–water partition coefficient (Wildman–Crippen LogP) is 3.93. The van der Waals surface area contributed by atoms with Crippen LogP contribution in [0.5, 0.6) is 0 Å². The summed E-state index contributed by atoms with van der Waals surface area (Å²) in [5.41, 5.74) is 0. The zero-order valence-electron chi connectivity index (χ0n) is 11.9. The fourth-order valence-electron chi connectivity index (χ4n) is 2.72. The Morgan fingerprint density at radius 3 is 2.29 bits per heavy atom. The van der Waals surface area contributed by atoms with Crippen LogP contribution in [0.25, 0.3) is 0 Å². The molecule has 0 radical (unpaired) electrons. The van der Waals surface area contributed by atoms with E-state index < -0.39 is 26.6 Å². The van der Waals surface area contributed by atoms with Crippen LogP contribution < -0.4 is 0 Å². The van der Waals surface area contributed by atoms with Crippen LogP contribution in [-0.4, -0.2) is 25.8 Å². The molecule has 0 atom stereocenters. The van der Waals surface area contributed by atoms with E-state index in [1.165, 1.54) is 11.4 Å². The predicted molar refractivity (Wildman–Crippen MR) is 80.4 cm³/mol. The standard InChI is InChI=1S/C14H18BrF2NO2S/c1-9-3-5-11(6-4-9)18(2)21(19,20)14-12(15)7-10(16)8-13(14)17/h7-9,11H,3-6H2,1-2H3. The van der Waals surface area contributed by atoms with Gasteiger partial charge in [0.05, 0.1) is 0 Å². The van der Waals surface area contributed by atoms with Crippen molar-refractivity contribution >= 4 is 26.0 Å². The summed E-state index contributed by atoms with van der Waals surface area (Å²) in [4.78, 5) is -0.495. The summed E-state index contributed by atoms with van der Waals surface area (Å²) in [5, 5.41) is 0. The second kappa shape index (κ2) is 6.30. The topological polar surface area (TPSA) is 37.4 Å². The zero-order chi connectivity index (χ0) is 15.8. The molecule has 0 amide bonds. The van der Waals surface area contributed by atoms with Gasteiger partial charge in [-0.2, -0.15) is 4.31 Å². The third kappa shape index (κ3) is 3.46. The maximum Gasteiger partial charge on any atom is 0.247 e. The number of hydrogen-bond acceptors (Lipinski definition) is 2. The monoisotopic (exact) mass is 381 g/mol. The summed E-state index contributed by atoms with van der Waals surface area (Å²) in [5.74, 6) is -1.29. The van der Waals surface area contributed by atoms with Crippen molar-refractivity contribution in [1.29, 1.82) is 0 Å². The molecule has 0 N–H and O–H groups in total. The molecule has 3 nitrogen and oxygen atoms in total. The minimum absolute atomic E-state index is 0.0870. The quantitative estimate of drug-likeness (QED) is 0.795. The Hall–Kier alpha value is -0.530. The van der Waals surface area contributed by atoms with Gasteiger partial charge >= 0.3 is 0 Å². The molecule has 0 spiro atoms. The second-order valence-corrected chi connectivity index (χ2v) is 8.42. The highest BCUT2D eigenvalue weighted by molar-refractivity contribution is 9.10. The van der Waals surface area contributed by atoms with Crippen LogP contribution in [0, 0.1) is 17.6 Å². The Kier molecular flexibility index (Phi) is 5.05. The van der Waals surface area contributed by atoms with Gasteiger partial charge < -0.3 is 0 Å². The molecule has 1 aliphatic rings. The fraction of sp³-hybridized carbons (Fsp3) is 0.571.